The quantitative estimate of drug-likeness (QED) is 0.431. The van der Waals surface area contributed by atoms with Gasteiger partial charge in [-0.1, -0.05) is 84.6 Å². The summed E-state index contributed by atoms with van der Waals surface area (Å²) in [5, 5.41) is 11.2. The van der Waals surface area contributed by atoms with Crippen LogP contribution in [-0.2, 0) is 23.2 Å². The SMILES string of the molecule is O=S(=O)(NCc1ccccc1Sc1ccccc1CO)c1cccc2ccccc12. The Kier molecular flexibility index (Phi) is 6.20. The average molecular weight is 436 g/mol. The summed E-state index contributed by atoms with van der Waals surface area (Å²) in [6, 6.07) is 28.1. The molecule has 0 unspecified atom stereocenters. The largest absolute Gasteiger partial charge is 0.392 e. The summed E-state index contributed by atoms with van der Waals surface area (Å²) in [6.07, 6.45) is 0. The van der Waals surface area contributed by atoms with Crippen LogP contribution in [0.15, 0.2) is 106 Å². The van der Waals surface area contributed by atoms with E-state index in [0.717, 1.165) is 26.3 Å². The number of nitrogens with one attached hydrogen (secondary N) is 1. The molecule has 0 fully saturated rings. The van der Waals surface area contributed by atoms with Crippen molar-refractivity contribution in [3.05, 3.63) is 102 Å². The number of hydrogen-bond acceptors (Lipinski definition) is 4. The Morgan fingerprint density at radius 2 is 1.33 bits per heavy atom. The smallest absolute Gasteiger partial charge is 0.241 e. The van der Waals surface area contributed by atoms with E-state index in [1.807, 2.05) is 78.9 Å². The van der Waals surface area contributed by atoms with E-state index in [4.69, 9.17) is 0 Å². The van der Waals surface area contributed by atoms with Crippen LogP contribution in [0.4, 0.5) is 0 Å². The molecule has 0 heterocycles. The van der Waals surface area contributed by atoms with Crippen molar-refractivity contribution in [2.45, 2.75) is 27.8 Å². The monoisotopic (exact) mass is 435 g/mol. The van der Waals surface area contributed by atoms with Crippen molar-refractivity contribution >= 4 is 32.6 Å². The van der Waals surface area contributed by atoms with E-state index in [-0.39, 0.29) is 18.0 Å². The van der Waals surface area contributed by atoms with E-state index >= 15 is 0 Å². The standard InChI is InChI=1S/C24H21NO3S2/c26-17-20-10-3-6-14-23(20)29-22-13-5-2-9-19(22)16-25-30(27,28)24-15-7-11-18-8-1-4-12-21(18)24/h1-15,25-26H,16-17H2. The van der Waals surface area contributed by atoms with E-state index in [2.05, 4.69) is 4.72 Å². The third-order valence-corrected chi connectivity index (χ3v) is 7.52. The first-order valence-electron chi connectivity index (χ1n) is 9.50. The van der Waals surface area contributed by atoms with Gasteiger partial charge in [-0.25, -0.2) is 13.1 Å². The average Bonchev–Trinajstić information content (AvgIpc) is 2.78. The zero-order valence-electron chi connectivity index (χ0n) is 16.2. The molecule has 4 aromatic carbocycles. The van der Waals surface area contributed by atoms with Crippen molar-refractivity contribution in [3.8, 4) is 0 Å². The van der Waals surface area contributed by atoms with Crippen LogP contribution in [0.1, 0.15) is 11.1 Å². The van der Waals surface area contributed by atoms with Crippen LogP contribution in [0.3, 0.4) is 0 Å². The second kappa shape index (κ2) is 9.02. The Bertz CT molecular complexity index is 1280. The summed E-state index contributed by atoms with van der Waals surface area (Å²) in [7, 11) is -3.69. The van der Waals surface area contributed by atoms with Gasteiger partial charge in [0.2, 0.25) is 10.0 Å². The van der Waals surface area contributed by atoms with Crippen molar-refractivity contribution in [2.24, 2.45) is 0 Å². The fourth-order valence-corrected chi connectivity index (χ4v) is 5.58. The number of fused-ring (bicyclic) bond motifs is 1. The van der Waals surface area contributed by atoms with E-state index in [1.54, 1.807) is 12.1 Å². The van der Waals surface area contributed by atoms with E-state index < -0.39 is 10.0 Å². The van der Waals surface area contributed by atoms with Gasteiger partial charge in [0, 0.05) is 21.7 Å². The van der Waals surface area contributed by atoms with Crippen LogP contribution in [0.2, 0.25) is 0 Å². The molecule has 4 aromatic rings. The lowest BCUT2D eigenvalue weighted by Crippen LogP contribution is -2.23. The molecule has 0 aliphatic heterocycles. The molecular formula is C24H21NO3S2. The molecule has 6 heteroatoms. The van der Waals surface area contributed by atoms with Gasteiger partial charge in [0.05, 0.1) is 11.5 Å². The number of benzene rings is 4. The number of aliphatic hydroxyl groups excluding tert-OH is 1. The lowest BCUT2D eigenvalue weighted by Gasteiger charge is -2.13. The number of rotatable bonds is 7. The molecule has 152 valence electrons. The van der Waals surface area contributed by atoms with Crippen molar-refractivity contribution in [3.63, 3.8) is 0 Å². The first kappa shape index (κ1) is 20.6. The molecule has 0 amide bonds. The molecular weight excluding hydrogens is 414 g/mol. The first-order chi connectivity index (χ1) is 14.6. The molecule has 0 bridgehead atoms. The highest BCUT2D eigenvalue weighted by Crippen LogP contribution is 2.33. The molecule has 0 saturated carbocycles. The summed E-state index contributed by atoms with van der Waals surface area (Å²) in [5.41, 5.74) is 1.72. The minimum atomic E-state index is -3.69. The Balaban J connectivity index is 1.60. The fourth-order valence-electron chi connectivity index (χ4n) is 3.28. The van der Waals surface area contributed by atoms with Crippen LogP contribution in [-0.4, -0.2) is 13.5 Å². The molecule has 0 saturated heterocycles. The predicted molar refractivity (Wildman–Crippen MR) is 121 cm³/mol. The molecule has 0 aromatic heterocycles. The Morgan fingerprint density at radius 1 is 0.733 bits per heavy atom. The van der Waals surface area contributed by atoms with Crippen molar-refractivity contribution in [2.75, 3.05) is 0 Å². The Hall–Kier alpha value is -2.64. The molecule has 30 heavy (non-hydrogen) atoms. The van der Waals surface area contributed by atoms with Crippen LogP contribution >= 0.6 is 11.8 Å². The van der Waals surface area contributed by atoms with Gasteiger partial charge in [0.1, 0.15) is 0 Å². The molecule has 0 radical (unpaired) electrons. The lowest BCUT2D eigenvalue weighted by molar-refractivity contribution is 0.279. The molecule has 4 nitrogen and oxygen atoms in total. The third kappa shape index (κ3) is 4.42. The number of hydrogen-bond donors (Lipinski definition) is 2. The van der Waals surface area contributed by atoms with Crippen LogP contribution in [0, 0.1) is 0 Å². The normalized spacial score (nSPS) is 11.6. The molecule has 0 aliphatic carbocycles. The van der Waals surface area contributed by atoms with Crippen LogP contribution < -0.4 is 4.72 Å². The Labute approximate surface area is 180 Å². The highest BCUT2D eigenvalue weighted by atomic mass is 32.2. The van der Waals surface area contributed by atoms with Gasteiger partial charge in [0.15, 0.2) is 0 Å². The minimum absolute atomic E-state index is 0.0426. The maximum Gasteiger partial charge on any atom is 0.241 e. The lowest BCUT2D eigenvalue weighted by atomic mass is 10.1. The second-order valence-corrected chi connectivity index (χ2v) is 9.60. The zero-order valence-corrected chi connectivity index (χ0v) is 17.8. The molecule has 4 rings (SSSR count). The second-order valence-electron chi connectivity index (χ2n) is 6.78. The highest BCUT2D eigenvalue weighted by molar-refractivity contribution is 7.99. The summed E-state index contributed by atoms with van der Waals surface area (Å²) >= 11 is 1.52. The van der Waals surface area contributed by atoms with Crippen LogP contribution in [0.5, 0.6) is 0 Å². The van der Waals surface area contributed by atoms with E-state index in [9.17, 15) is 13.5 Å². The predicted octanol–water partition coefficient (Wildman–Crippen LogP) is 4.96. The van der Waals surface area contributed by atoms with Gasteiger partial charge in [-0.05, 0) is 34.7 Å². The summed E-state index contributed by atoms with van der Waals surface area (Å²) in [6.45, 7) is 0.134. The fraction of sp³-hybridized carbons (Fsp3) is 0.0833. The summed E-state index contributed by atoms with van der Waals surface area (Å²) < 4.78 is 28.8. The number of sulfonamides is 1. The zero-order chi connectivity index (χ0) is 21.0. The Morgan fingerprint density at radius 3 is 2.10 bits per heavy atom. The third-order valence-electron chi connectivity index (χ3n) is 4.83. The molecule has 0 spiro atoms. The van der Waals surface area contributed by atoms with Crippen LogP contribution in [0.25, 0.3) is 10.8 Å². The van der Waals surface area contributed by atoms with E-state index in [0.29, 0.717) is 5.39 Å². The van der Waals surface area contributed by atoms with Gasteiger partial charge >= 0.3 is 0 Å². The maximum absolute atomic E-state index is 13.0. The summed E-state index contributed by atoms with van der Waals surface area (Å²) in [5.74, 6) is 0. The van der Waals surface area contributed by atoms with Gasteiger partial charge in [0.25, 0.3) is 0 Å². The topological polar surface area (TPSA) is 66.4 Å². The van der Waals surface area contributed by atoms with Gasteiger partial charge in [-0.3, -0.25) is 0 Å². The van der Waals surface area contributed by atoms with Crippen molar-refractivity contribution < 1.29 is 13.5 Å². The first-order valence-corrected chi connectivity index (χ1v) is 11.8. The minimum Gasteiger partial charge on any atom is -0.392 e. The molecule has 0 atom stereocenters. The van der Waals surface area contributed by atoms with Crippen molar-refractivity contribution in [1.29, 1.82) is 0 Å². The van der Waals surface area contributed by atoms with Gasteiger partial charge in [-0.15, -0.1) is 0 Å². The maximum atomic E-state index is 13.0. The summed E-state index contributed by atoms with van der Waals surface area (Å²) in [4.78, 5) is 2.17. The molecule has 0 aliphatic rings. The number of aliphatic hydroxyl groups is 1. The van der Waals surface area contributed by atoms with E-state index in [1.165, 1.54) is 11.8 Å². The highest BCUT2D eigenvalue weighted by Gasteiger charge is 2.17. The van der Waals surface area contributed by atoms with Crippen molar-refractivity contribution in [1.82, 2.24) is 4.72 Å². The van der Waals surface area contributed by atoms with Gasteiger partial charge < -0.3 is 5.11 Å². The molecule has 2 N–H and O–H groups in total. The van der Waals surface area contributed by atoms with Gasteiger partial charge in [-0.2, -0.15) is 0 Å².